The fourth-order valence-electron chi connectivity index (χ4n) is 1.63. The van der Waals surface area contributed by atoms with Gasteiger partial charge in [0.15, 0.2) is 5.78 Å². The average molecular weight is 250 g/mol. The van der Waals surface area contributed by atoms with Gasteiger partial charge in [-0.3, -0.25) is 4.79 Å². The van der Waals surface area contributed by atoms with E-state index in [9.17, 15) is 4.79 Å². The Kier molecular flexibility index (Phi) is 3.63. The van der Waals surface area contributed by atoms with Crippen LogP contribution in [0.5, 0.6) is 0 Å². The molecule has 0 aliphatic rings. The molecule has 0 N–H and O–H groups in total. The van der Waals surface area contributed by atoms with Crippen molar-refractivity contribution in [3.05, 3.63) is 28.8 Å². The van der Waals surface area contributed by atoms with Gasteiger partial charge in [0.05, 0.1) is 5.69 Å². The average Bonchev–Trinajstić information content (AvgIpc) is 2.94. The third kappa shape index (κ3) is 2.58. The van der Waals surface area contributed by atoms with Gasteiger partial charge in [-0.05, 0) is 18.0 Å². The second-order valence-corrected chi connectivity index (χ2v) is 4.53. The van der Waals surface area contributed by atoms with E-state index >= 15 is 0 Å². The van der Waals surface area contributed by atoms with Crippen LogP contribution in [0.15, 0.2) is 12.4 Å². The summed E-state index contributed by atoms with van der Waals surface area (Å²) in [5.41, 5.74) is 0.805. The lowest BCUT2D eigenvalue weighted by atomic mass is 10.1. The second-order valence-electron chi connectivity index (χ2n) is 3.78. The summed E-state index contributed by atoms with van der Waals surface area (Å²) < 4.78 is 5.76. The molecule has 0 atom stereocenters. The van der Waals surface area contributed by atoms with Gasteiger partial charge in [0, 0.05) is 32.3 Å². The minimum absolute atomic E-state index is 0.111. The molecule has 0 amide bonds. The highest BCUT2D eigenvalue weighted by molar-refractivity contribution is 7.08. The van der Waals surface area contributed by atoms with Crippen LogP contribution in [-0.4, -0.2) is 24.9 Å². The molecule has 0 saturated heterocycles. The van der Waals surface area contributed by atoms with Gasteiger partial charge in [-0.25, -0.2) is 4.98 Å². The summed E-state index contributed by atoms with van der Waals surface area (Å²) in [4.78, 5) is 16.9. The Labute approximate surface area is 104 Å². The van der Waals surface area contributed by atoms with Crippen LogP contribution in [0.4, 0.5) is 0 Å². The zero-order chi connectivity index (χ0) is 12.3. The molecule has 2 aromatic heterocycles. The molecule has 5 nitrogen and oxygen atoms in total. The maximum atomic E-state index is 12.0. The zero-order valence-corrected chi connectivity index (χ0v) is 10.7. The molecule has 2 heterocycles. The van der Waals surface area contributed by atoms with Gasteiger partial charge in [0.2, 0.25) is 0 Å². The van der Waals surface area contributed by atoms with Crippen molar-refractivity contribution in [3.63, 3.8) is 0 Å². The molecule has 90 valence electrons. The van der Waals surface area contributed by atoms with Crippen LogP contribution >= 0.6 is 11.5 Å². The van der Waals surface area contributed by atoms with Crippen molar-refractivity contribution >= 4 is 17.3 Å². The third-order valence-corrected chi connectivity index (χ3v) is 3.45. The van der Waals surface area contributed by atoms with E-state index in [-0.39, 0.29) is 5.78 Å². The Bertz CT molecular complexity index is 517. The predicted molar refractivity (Wildman–Crippen MR) is 65.1 cm³/mol. The minimum atomic E-state index is 0.111. The summed E-state index contributed by atoms with van der Waals surface area (Å²) >= 11 is 1.19. The summed E-state index contributed by atoms with van der Waals surface area (Å²) in [6, 6.07) is 0. The first kappa shape index (κ1) is 11.9. The zero-order valence-electron chi connectivity index (χ0n) is 9.88. The summed E-state index contributed by atoms with van der Waals surface area (Å²) in [7, 11) is 1.93. The molecule has 2 aromatic rings. The van der Waals surface area contributed by atoms with Gasteiger partial charge in [-0.1, -0.05) is 11.4 Å². The van der Waals surface area contributed by atoms with Crippen molar-refractivity contribution in [1.82, 2.24) is 19.1 Å². The van der Waals surface area contributed by atoms with E-state index in [1.54, 1.807) is 6.20 Å². The Morgan fingerprint density at radius 2 is 2.35 bits per heavy atom. The Hall–Kier alpha value is -1.56. The Morgan fingerprint density at radius 3 is 3.00 bits per heavy atom. The van der Waals surface area contributed by atoms with E-state index in [1.165, 1.54) is 11.5 Å². The van der Waals surface area contributed by atoms with Gasteiger partial charge in [-0.2, -0.15) is 0 Å². The number of hydrogen-bond donors (Lipinski definition) is 0. The highest BCUT2D eigenvalue weighted by atomic mass is 32.1. The highest BCUT2D eigenvalue weighted by Crippen LogP contribution is 2.14. The van der Waals surface area contributed by atoms with Gasteiger partial charge in [0.1, 0.15) is 10.7 Å². The topological polar surface area (TPSA) is 60.7 Å². The molecule has 6 heteroatoms. The number of carbonyl (C=O) groups is 1. The van der Waals surface area contributed by atoms with Crippen molar-refractivity contribution in [2.24, 2.45) is 7.05 Å². The fourth-order valence-corrected chi connectivity index (χ4v) is 2.34. The fraction of sp³-hybridized carbons (Fsp3) is 0.455. The molecule has 0 radical (unpaired) electrons. The standard InChI is InChI=1S/C11H14N4OS/c1-3-8-11(17-14-13-8)9(16)4-5-10-12-6-7-15(10)2/h6-7H,3-5H2,1-2H3. The first-order valence-electron chi connectivity index (χ1n) is 5.53. The number of imidazole rings is 1. The van der Waals surface area contributed by atoms with Crippen LogP contribution < -0.4 is 0 Å². The van der Waals surface area contributed by atoms with Crippen molar-refractivity contribution in [2.45, 2.75) is 26.2 Å². The molecule has 0 fully saturated rings. The first-order valence-corrected chi connectivity index (χ1v) is 6.30. The number of aryl methyl sites for hydroxylation is 3. The molecular formula is C11H14N4OS. The largest absolute Gasteiger partial charge is 0.338 e. The quantitative estimate of drug-likeness (QED) is 0.757. The number of Topliss-reactive ketones (excluding diaryl/α,β-unsaturated/α-hetero) is 1. The van der Waals surface area contributed by atoms with Crippen LogP contribution in [0.2, 0.25) is 0 Å². The lowest BCUT2D eigenvalue weighted by molar-refractivity contribution is 0.0985. The maximum absolute atomic E-state index is 12.0. The molecule has 2 rings (SSSR count). The molecule has 0 unspecified atom stereocenters. The number of ketones is 1. The molecule has 0 spiro atoms. The van der Waals surface area contributed by atoms with Gasteiger partial charge in [0.25, 0.3) is 0 Å². The van der Waals surface area contributed by atoms with E-state index < -0.39 is 0 Å². The SMILES string of the molecule is CCc1nnsc1C(=O)CCc1nccn1C. The third-order valence-electron chi connectivity index (χ3n) is 2.64. The van der Waals surface area contributed by atoms with Crippen LogP contribution in [0.3, 0.4) is 0 Å². The monoisotopic (exact) mass is 250 g/mol. The number of nitrogens with zero attached hydrogens (tertiary/aromatic N) is 4. The van der Waals surface area contributed by atoms with Crippen LogP contribution in [0, 0.1) is 0 Å². The van der Waals surface area contributed by atoms with Gasteiger partial charge >= 0.3 is 0 Å². The van der Waals surface area contributed by atoms with Crippen molar-refractivity contribution in [1.29, 1.82) is 0 Å². The lowest BCUT2D eigenvalue weighted by Gasteiger charge is -2.00. The van der Waals surface area contributed by atoms with Crippen molar-refractivity contribution in [3.8, 4) is 0 Å². The number of hydrogen-bond acceptors (Lipinski definition) is 5. The van der Waals surface area contributed by atoms with Gasteiger partial charge in [-0.15, -0.1) is 5.10 Å². The first-order chi connectivity index (χ1) is 8.22. The van der Waals surface area contributed by atoms with E-state index in [4.69, 9.17) is 0 Å². The molecule has 0 bridgehead atoms. The van der Waals surface area contributed by atoms with E-state index in [2.05, 4.69) is 14.6 Å². The highest BCUT2D eigenvalue weighted by Gasteiger charge is 2.15. The lowest BCUT2D eigenvalue weighted by Crippen LogP contribution is -2.05. The molecular weight excluding hydrogens is 236 g/mol. The normalized spacial score (nSPS) is 10.7. The van der Waals surface area contributed by atoms with Crippen LogP contribution in [-0.2, 0) is 19.9 Å². The Balaban J connectivity index is 2.01. The summed E-state index contributed by atoms with van der Waals surface area (Å²) in [6.45, 7) is 1.98. The summed E-state index contributed by atoms with van der Waals surface area (Å²) in [5, 5.41) is 3.95. The second kappa shape index (κ2) is 5.18. The summed E-state index contributed by atoms with van der Waals surface area (Å²) in [6.07, 6.45) is 5.49. The Morgan fingerprint density at radius 1 is 1.53 bits per heavy atom. The number of aromatic nitrogens is 4. The molecule has 17 heavy (non-hydrogen) atoms. The smallest absolute Gasteiger partial charge is 0.176 e. The van der Waals surface area contributed by atoms with Crippen molar-refractivity contribution in [2.75, 3.05) is 0 Å². The van der Waals surface area contributed by atoms with Crippen LogP contribution in [0.25, 0.3) is 0 Å². The number of rotatable bonds is 5. The molecule has 0 aliphatic carbocycles. The number of carbonyl (C=O) groups excluding carboxylic acids is 1. The minimum Gasteiger partial charge on any atom is -0.338 e. The molecule has 0 saturated carbocycles. The van der Waals surface area contributed by atoms with E-state index in [1.807, 2.05) is 24.7 Å². The van der Waals surface area contributed by atoms with E-state index in [0.717, 1.165) is 17.9 Å². The van der Waals surface area contributed by atoms with Gasteiger partial charge < -0.3 is 4.57 Å². The van der Waals surface area contributed by atoms with Crippen LogP contribution in [0.1, 0.15) is 34.5 Å². The molecule has 0 aromatic carbocycles. The van der Waals surface area contributed by atoms with Crippen molar-refractivity contribution < 1.29 is 4.79 Å². The van der Waals surface area contributed by atoms with E-state index in [0.29, 0.717) is 17.7 Å². The summed E-state index contributed by atoms with van der Waals surface area (Å²) in [5.74, 6) is 1.04. The maximum Gasteiger partial charge on any atom is 0.176 e. The molecule has 0 aliphatic heterocycles. The predicted octanol–water partition coefficient (Wildman–Crippen LogP) is 1.65.